The van der Waals surface area contributed by atoms with Gasteiger partial charge in [-0.05, 0) is 43.4 Å². The molecule has 0 amide bonds. The molecular formula is C17H28N2OS. The summed E-state index contributed by atoms with van der Waals surface area (Å²) >= 11 is 1.91. The van der Waals surface area contributed by atoms with Crippen LogP contribution in [0.1, 0.15) is 23.8 Å². The summed E-state index contributed by atoms with van der Waals surface area (Å²) in [5.74, 6) is 0.705. The molecule has 4 heteroatoms. The Morgan fingerprint density at radius 1 is 1.38 bits per heavy atom. The van der Waals surface area contributed by atoms with Crippen LogP contribution in [0.25, 0.3) is 0 Å². The fourth-order valence-electron chi connectivity index (χ4n) is 4.17. The van der Waals surface area contributed by atoms with Crippen LogP contribution in [0, 0.1) is 18.3 Å². The standard InChI is InChI=1S/C17H28N2OS/c1-4-18-9-15(11-20-3)17(12-18)6-7-19(13-17)10-16-14(2)5-8-21-16/h5,8,15H,4,6-7,9-13H2,1-3H3/t15-,17+/m1/s1. The minimum absolute atomic E-state index is 0.469. The van der Waals surface area contributed by atoms with E-state index in [1.165, 1.54) is 44.7 Å². The van der Waals surface area contributed by atoms with Gasteiger partial charge in [-0.15, -0.1) is 11.3 Å². The van der Waals surface area contributed by atoms with E-state index in [4.69, 9.17) is 4.74 Å². The first-order valence-electron chi connectivity index (χ1n) is 8.13. The molecule has 3 rings (SSSR count). The van der Waals surface area contributed by atoms with Crippen LogP contribution in [0.5, 0.6) is 0 Å². The zero-order chi connectivity index (χ0) is 14.9. The molecule has 1 aromatic heterocycles. The third-order valence-electron chi connectivity index (χ3n) is 5.50. The number of rotatable bonds is 5. The normalized spacial score (nSPS) is 30.7. The molecule has 2 aliphatic heterocycles. The van der Waals surface area contributed by atoms with Gasteiger partial charge in [0.15, 0.2) is 0 Å². The predicted molar refractivity (Wildman–Crippen MR) is 88.9 cm³/mol. The maximum Gasteiger partial charge on any atom is 0.0509 e. The molecule has 0 aromatic carbocycles. The largest absolute Gasteiger partial charge is 0.384 e. The van der Waals surface area contributed by atoms with Gasteiger partial charge in [0.25, 0.3) is 0 Å². The zero-order valence-corrected chi connectivity index (χ0v) is 14.4. The Balaban J connectivity index is 1.67. The zero-order valence-electron chi connectivity index (χ0n) is 13.6. The molecule has 0 bridgehead atoms. The highest BCUT2D eigenvalue weighted by atomic mass is 32.1. The molecule has 1 spiro atoms. The van der Waals surface area contributed by atoms with E-state index in [9.17, 15) is 0 Å². The smallest absolute Gasteiger partial charge is 0.0509 e. The Kier molecular flexibility index (Phi) is 4.69. The summed E-state index contributed by atoms with van der Waals surface area (Å²) in [6.45, 7) is 12.7. The molecular weight excluding hydrogens is 280 g/mol. The van der Waals surface area contributed by atoms with E-state index in [0.29, 0.717) is 11.3 Å². The van der Waals surface area contributed by atoms with Gasteiger partial charge in [0.2, 0.25) is 0 Å². The number of likely N-dealkylation sites (tertiary alicyclic amines) is 2. The monoisotopic (exact) mass is 308 g/mol. The predicted octanol–water partition coefficient (Wildman–Crippen LogP) is 2.85. The molecule has 3 heterocycles. The van der Waals surface area contributed by atoms with E-state index in [1.807, 2.05) is 18.4 Å². The minimum Gasteiger partial charge on any atom is -0.384 e. The summed E-state index contributed by atoms with van der Waals surface area (Å²) < 4.78 is 5.52. The minimum atomic E-state index is 0.469. The lowest BCUT2D eigenvalue weighted by atomic mass is 9.78. The molecule has 0 radical (unpaired) electrons. The van der Waals surface area contributed by atoms with E-state index in [1.54, 1.807) is 4.88 Å². The van der Waals surface area contributed by atoms with Gasteiger partial charge in [-0.1, -0.05) is 6.92 Å². The average molecular weight is 308 g/mol. The number of hydrogen-bond donors (Lipinski definition) is 0. The second-order valence-corrected chi connectivity index (χ2v) is 7.83. The second-order valence-electron chi connectivity index (χ2n) is 6.83. The quantitative estimate of drug-likeness (QED) is 0.832. The van der Waals surface area contributed by atoms with Crippen molar-refractivity contribution in [1.29, 1.82) is 0 Å². The van der Waals surface area contributed by atoms with Crippen molar-refractivity contribution in [3.63, 3.8) is 0 Å². The number of nitrogens with zero attached hydrogens (tertiary/aromatic N) is 2. The molecule has 3 nitrogen and oxygen atoms in total. The van der Waals surface area contributed by atoms with Crippen molar-refractivity contribution in [2.45, 2.75) is 26.8 Å². The number of aryl methyl sites for hydroxylation is 1. The Bertz CT molecular complexity index is 475. The average Bonchev–Trinajstić information content (AvgIpc) is 3.15. The van der Waals surface area contributed by atoms with Crippen molar-refractivity contribution in [1.82, 2.24) is 9.80 Å². The number of thiophene rings is 1. The van der Waals surface area contributed by atoms with E-state index < -0.39 is 0 Å². The van der Waals surface area contributed by atoms with Gasteiger partial charge >= 0.3 is 0 Å². The van der Waals surface area contributed by atoms with Crippen LogP contribution in [0.4, 0.5) is 0 Å². The lowest BCUT2D eigenvalue weighted by Gasteiger charge is -2.30. The molecule has 118 valence electrons. The maximum absolute atomic E-state index is 5.52. The van der Waals surface area contributed by atoms with Crippen molar-refractivity contribution in [2.75, 3.05) is 46.4 Å². The van der Waals surface area contributed by atoms with Crippen molar-refractivity contribution in [2.24, 2.45) is 11.3 Å². The summed E-state index contributed by atoms with van der Waals surface area (Å²) in [6.07, 6.45) is 1.34. The van der Waals surface area contributed by atoms with Gasteiger partial charge in [0.05, 0.1) is 6.61 Å². The third kappa shape index (κ3) is 3.04. The molecule has 0 N–H and O–H groups in total. The topological polar surface area (TPSA) is 15.7 Å². The third-order valence-corrected chi connectivity index (χ3v) is 6.51. The van der Waals surface area contributed by atoms with E-state index in [2.05, 4.69) is 35.1 Å². The molecule has 1 aromatic rings. The van der Waals surface area contributed by atoms with Crippen molar-refractivity contribution >= 4 is 11.3 Å². The van der Waals surface area contributed by atoms with Crippen LogP contribution in [-0.2, 0) is 11.3 Å². The Morgan fingerprint density at radius 3 is 2.86 bits per heavy atom. The first-order chi connectivity index (χ1) is 10.2. The molecule has 2 atom stereocenters. The molecule has 0 unspecified atom stereocenters. The lowest BCUT2D eigenvalue weighted by Crippen LogP contribution is -2.36. The SMILES string of the molecule is CCN1C[C@H](COC)[C@@]2(CCN(Cc3sccc3C)C2)C1. The first-order valence-corrected chi connectivity index (χ1v) is 9.01. The molecule has 0 saturated carbocycles. The Morgan fingerprint density at radius 2 is 2.19 bits per heavy atom. The van der Waals surface area contributed by atoms with Crippen molar-refractivity contribution in [3.05, 3.63) is 21.9 Å². The molecule has 2 aliphatic rings. The van der Waals surface area contributed by atoms with Crippen LogP contribution < -0.4 is 0 Å². The first kappa shape index (κ1) is 15.5. The Hall–Kier alpha value is -0.420. The van der Waals surface area contributed by atoms with Gasteiger partial charge < -0.3 is 9.64 Å². The van der Waals surface area contributed by atoms with Gasteiger partial charge in [-0.3, -0.25) is 4.90 Å². The number of methoxy groups -OCH3 is 1. The summed E-state index contributed by atoms with van der Waals surface area (Å²) in [7, 11) is 1.85. The lowest BCUT2D eigenvalue weighted by molar-refractivity contribution is 0.0959. The van der Waals surface area contributed by atoms with Crippen LogP contribution in [0.15, 0.2) is 11.4 Å². The van der Waals surface area contributed by atoms with Gasteiger partial charge in [-0.25, -0.2) is 0 Å². The van der Waals surface area contributed by atoms with Crippen molar-refractivity contribution in [3.8, 4) is 0 Å². The van der Waals surface area contributed by atoms with Crippen LogP contribution in [0.2, 0.25) is 0 Å². The fraction of sp³-hybridized carbons (Fsp3) is 0.765. The molecule has 21 heavy (non-hydrogen) atoms. The molecule has 0 aliphatic carbocycles. The maximum atomic E-state index is 5.52. The summed E-state index contributed by atoms with van der Waals surface area (Å²) in [6, 6.07) is 2.24. The second kappa shape index (κ2) is 6.37. The van der Waals surface area contributed by atoms with Gasteiger partial charge in [0.1, 0.15) is 0 Å². The fourth-order valence-corrected chi connectivity index (χ4v) is 5.11. The number of ether oxygens (including phenoxy) is 1. The molecule has 2 fully saturated rings. The summed E-state index contributed by atoms with van der Waals surface area (Å²) in [5.41, 5.74) is 1.92. The molecule has 2 saturated heterocycles. The van der Waals surface area contributed by atoms with E-state index in [0.717, 1.165) is 13.2 Å². The van der Waals surface area contributed by atoms with Crippen LogP contribution in [-0.4, -0.2) is 56.2 Å². The Labute approximate surface area is 132 Å². The van der Waals surface area contributed by atoms with Gasteiger partial charge in [0, 0.05) is 49.5 Å². The highest BCUT2D eigenvalue weighted by molar-refractivity contribution is 7.10. The number of hydrogen-bond acceptors (Lipinski definition) is 4. The van der Waals surface area contributed by atoms with E-state index >= 15 is 0 Å². The summed E-state index contributed by atoms with van der Waals surface area (Å²) in [4.78, 5) is 6.82. The van der Waals surface area contributed by atoms with Crippen LogP contribution in [0.3, 0.4) is 0 Å². The summed E-state index contributed by atoms with van der Waals surface area (Å²) in [5, 5.41) is 2.22. The van der Waals surface area contributed by atoms with E-state index in [-0.39, 0.29) is 0 Å². The highest BCUT2D eigenvalue weighted by Crippen LogP contribution is 2.44. The highest BCUT2D eigenvalue weighted by Gasteiger charge is 2.49. The van der Waals surface area contributed by atoms with Gasteiger partial charge in [-0.2, -0.15) is 0 Å². The van der Waals surface area contributed by atoms with Crippen LogP contribution >= 0.6 is 11.3 Å². The van der Waals surface area contributed by atoms with Crippen molar-refractivity contribution < 1.29 is 4.74 Å².